The van der Waals surface area contributed by atoms with Gasteiger partial charge in [-0.3, -0.25) is 4.90 Å². The van der Waals surface area contributed by atoms with Crippen LogP contribution in [0.2, 0.25) is 0 Å². The number of hydrogen-bond donors (Lipinski definition) is 1. The first-order valence-electron chi connectivity index (χ1n) is 6.41. The molecule has 3 heterocycles. The molecule has 2 aliphatic rings. The molecule has 0 saturated carbocycles. The predicted molar refractivity (Wildman–Crippen MR) is 71.3 cm³/mol. The number of fused-ring (bicyclic) bond motifs is 2. The molecular weight excluding hydrogens is 248 g/mol. The summed E-state index contributed by atoms with van der Waals surface area (Å²) in [4.78, 5) is 16.5. The zero-order valence-corrected chi connectivity index (χ0v) is 11.3. The van der Waals surface area contributed by atoms with Crippen LogP contribution < -0.4 is 0 Å². The third kappa shape index (κ3) is 2.01. The van der Waals surface area contributed by atoms with Crippen LogP contribution in [0.4, 0.5) is 4.79 Å². The molecule has 0 aromatic carbocycles. The van der Waals surface area contributed by atoms with Crippen LogP contribution in [-0.2, 0) is 6.42 Å². The largest absolute Gasteiger partial charge is 0.465 e. The van der Waals surface area contributed by atoms with Crippen molar-refractivity contribution in [2.75, 3.05) is 19.6 Å². The molecule has 2 unspecified atom stereocenters. The van der Waals surface area contributed by atoms with Gasteiger partial charge in [-0.25, -0.2) is 4.79 Å². The van der Waals surface area contributed by atoms with Crippen molar-refractivity contribution in [3.8, 4) is 0 Å². The number of aryl methyl sites for hydroxylation is 1. The molecule has 1 aromatic heterocycles. The summed E-state index contributed by atoms with van der Waals surface area (Å²) >= 11 is 1.83. The number of rotatable bonds is 3. The highest BCUT2D eigenvalue weighted by molar-refractivity contribution is 7.10. The fourth-order valence-electron chi connectivity index (χ4n) is 3.16. The van der Waals surface area contributed by atoms with Gasteiger partial charge in [-0.2, -0.15) is 0 Å². The molecule has 18 heavy (non-hydrogen) atoms. The summed E-state index contributed by atoms with van der Waals surface area (Å²) in [6.07, 6.45) is 1.37. The topological polar surface area (TPSA) is 43.8 Å². The SMILES string of the molecule is Cc1ccsc1CCN1CC2CC1CN2C(=O)O. The van der Waals surface area contributed by atoms with Crippen molar-refractivity contribution < 1.29 is 9.90 Å². The maximum atomic E-state index is 11.0. The normalized spacial score (nSPS) is 27.1. The molecule has 5 heteroatoms. The van der Waals surface area contributed by atoms with Gasteiger partial charge in [0.05, 0.1) is 0 Å². The van der Waals surface area contributed by atoms with Crippen molar-refractivity contribution in [2.45, 2.75) is 31.8 Å². The van der Waals surface area contributed by atoms with Crippen molar-refractivity contribution in [1.29, 1.82) is 0 Å². The van der Waals surface area contributed by atoms with Crippen molar-refractivity contribution in [3.63, 3.8) is 0 Å². The smallest absolute Gasteiger partial charge is 0.407 e. The second-order valence-corrected chi connectivity index (χ2v) is 6.25. The number of amides is 1. The molecule has 1 aromatic rings. The highest BCUT2D eigenvalue weighted by atomic mass is 32.1. The minimum absolute atomic E-state index is 0.233. The van der Waals surface area contributed by atoms with Gasteiger partial charge in [-0.1, -0.05) is 0 Å². The lowest BCUT2D eigenvalue weighted by Gasteiger charge is -2.32. The summed E-state index contributed by atoms with van der Waals surface area (Å²) in [7, 11) is 0. The molecule has 2 bridgehead atoms. The minimum Gasteiger partial charge on any atom is -0.465 e. The lowest BCUT2D eigenvalue weighted by molar-refractivity contribution is 0.103. The summed E-state index contributed by atoms with van der Waals surface area (Å²) in [5.74, 6) is 0. The zero-order valence-electron chi connectivity index (χ0n) is 10.5. The van der Waals surface area contributed by atoms with Crippen LogP contribution >= 0.6 is 11.3 Å². The van der Waals surface area contributed by atoms with E-state index in [0.29, 0.717) is 12.6 Å². The van der Waals surface area contributed by atoms with E-state index in [1.807, 2.05) is 11.3 Å². The molecule has 2 atom stereocenters. The average molecular weight is 266 g/mol. The number of piperazine rings is 1. The van der Waals surface area contributed by atoms with Gasteiger partial charge in [-0.15, -0.1) is 11.3 Å². The van der Waals surface area contributed by atoms with Gasteiger partial charge in [0.25, 0.3) is 0 Å². The number of carboxylic acid groups (broad SMARTS) is 1. The Hall–Kier alpha value is -1.07. The Labute approximate surface area is 111 Å². The van der Waals surface area contributed by atoms with Gasteiger partial charge in [0.2, 0.25) is 0 Å². The standard InChI is InChI=1S/C13H18N2O2S/c1-9-3-5-18-12(9)2-4-14-7-11-6-10(14)8-15(11)13(16)17/h3,5,10-11H,2,4,6-8H2,1H3,(H,16,17). The van der Waals surface area contributed by atoms with Crippen LogP contribution in [0.3, 0.4) is 0 Å². The number of likely N-dealkylation sites (tertiary alicyclic amines) is 2. The maximum Gasteiger partial charge on any atom is 0.407 e. The highest BCUT2D eigenvalue weighted by Gasteiger charge is 2.44. The molecule has 98 valence electrons. The van der Waals surface area contributed by atoms with E-state index in [1.54, 1.807) is 4.90 Å². The van der Waals surface area contributed by atoms with Gasteiger partial charge in [0, 0.05) is 36.6 Å². The Morgan fingerprint density at radius 3 is 2.89 bits per heavy atom. The van der Waals surface area contributed by atoms with Gasteiger partial charge in [0.1, 0.15) is 0 Å². The fraction of sp³-hybridized carbons (Fsp3) is 0.615. The predicted octanol–water partition coefficient (Wildman–Crippen LogP) is 2.04. The molecule has 2 aliphatic heterocycles. The Kier molecular flexibility index (Phi) is 3.03. The summed E-state index contributed by atoms with van der Waals surface area (Å²) in [6.45, 7) is 4.84. The van der Waals surface area contributed by atoms with E-state index >= 15 is 0 Å². The first-order chi connectivity index (χ1) is 8.65. The lowest BCUT2D eigenvalue weighted by atomic mass is 10.2. The van der Waals surface area contributed by atoms with E-state index in [1.165, 1.54) is 10.4 Å². The number of nitrogens with zero attached hydrogens (tertiary/aromatic N) is 2. The Balaban J connectivity index is 1.56. The quantitative estimate of drug-likeness (QED) is 0.910. The fourth-order valence-corrected chi connectivity index (χ4v) is 4.06. The summed E-state index contributed by atoms with van der Waals surface area (Å²) in [5, 5.41) is 11.2. The van der Waals surface area contributed by atoms with Gasteiger partial charge >= 0.3 is 6.09 Å². The number of thiophene rings is 1. The third-order valence-electron chi connectivity index (χ3n) is 4.19. The van der Waals surface area contributed by atoms with Gasteiger partial charge < -0.3 is 10.0 Å². The van der Waals surface area contributed by atoms with Crippen LogP contribution in [0.25, 0.3) is 0 Å². The molecule has 3 rings (SSSR count). The molecule has 2 fully saturated rings. The van der Waals surface area contributed by atoms with Crippen molar-refractivity contribution >= 4 is 17.4 Å². The zero-order chi connectivity index (χ0) is 12.7. The first-order valence-corrected chi connectivity index (χ1v) is 7.29. The van der Waals surface area contributed by atoms with Gasteiger partial charge in [-0.05, 0) is 36.8 Å². The first kappa shape index (κ1) is 12.0. The molecular formula is C13H18N2O2S. The number of hydrogen-bond acceptors (Lipinski definition) is 3. The summed E-state index contributed by atoms with van der Waals surface area (Å²) < 4.78 is 0. The highest BCUT2D eigenvalue weighted by Crippen LogP contribution is 2.31. The molecule has 0 aliphatic carbocycles. The molecule has 0 radical (unpaired) electrons. The van der Waals surface area contributed by atoms with E-state index in [2.05, 4.69) is 23.3 Å². The summed E-state index contributed by atoms with van der Waals surface area (Å²) in [5.41, 5.74) is 1.39. The lowest BCUT2D eigenvalue weighted by Crippen LogP contribution is -2.48. The molecule has 0 spiro atoms. The third-order valence-corrected chi connectivity index (χ3v) is 5.28. The van der Waals surface area contributed by atoms with E-state index in [9.17, 15) is 4.79 Å². The van der Waals surface area contributed by atoms with Crippen LogP contribution in [0.5, 0.6) is 0 Å². The van der Waals surface area contributed by atoms with Crippen molar-refractivity contribution in [3.05, 3.63) is 21.9 Å². The Bertz CT molecular complexity index is 460. The molecule has 4 nitrogen and oxygen atoms in total. The monoisotopic (exact) mass is 266 g/mol. The second kappa shape index (κ2) is 4.55. The van der Waals surface area contributed by atoms with Crippen LogP contribution in [0.15, 0.2) is 11.4 Å². The molecule has 1 N–H and O–H groups in total. The van der Waals surface area contributed by atoms with Crippen LogP contribution in [-0.4, -0.2) is 52.7 Å². The summed E-state index contributed by atoms with van der Waals surface area (Å²) in [6, 6.07) is 2.85. The average Bonchev–Trinajstić information content (AvgIpc) is 3.00. The van der Waals surface area contributed by atoms with Crippen LogP contribution in [0.1, 0.15) is 16.9 Å². The van der Waals surface area contributed by atoms with E-state index in [-0.39, 0.29) is 6.04 Å². The van der Waals surface area contributed by atoms with E-state index in [0.717, 1.165) is 25.9 Å². The minimum atomic E-state index is -0.753. The molecule has 1 amide bonds. The Morgan fingerprint density at radius 1 is 1.50 bits per heavy atom. The van der Waals surface area contributed by atoms with Crippen LogP contribution in [0, 0.1) is 6.92 Å². The van der Waals surface area contributed by atoms with E-state index in [4.69, 9.17) is 5.11 Å². The maximum absolute atomic E-state index is 11.0. The van der Waals surface area contributed by atoms with Gasteiger partial charge in [0.15, 0.2) is 0 Å². The van der Waals surface area contributed by atoms with Crippen molar-refractivity contribution in [2.24, 2.45) is 0 Å². The second-order valence-electron chi connectivity index (χ2n) is 5.25. The molecule has 2 saturated heterocycles. The Morgan fingerprint density at radius 2 is 2.33 bits per heavy atom. The number of carbonyl (C=O) groups is 1. The van der Waals surface area contributed by atoms with E-state index < -0.39 is 6.09 Å². The van der Waals surface area contributed by atoms with Crippen molar-refractivity contribution in [1.82, 2.24) is 9.80 Å².